The summed E-state index contributed by atoms with van der Waals surface area (Å²) < 4.78 is 13.3. The first-order valence-electron chi connectivity index (χ1n) is 7.57. The van der Waals surface area contributed by atoms with Crippen LogP contribution in [0.4, 0.5) is 4.39 Å². The Morgan fingerprint density at radius 3 is 2.24 bits per heavy atom. The van der Waals surface area contributed by atoms with Gasteiger partial charge in [0.25, 0.3) is 0 Å². The number of hydrogen-bond donors (Lipinski definition) is 1. The highest BCUT2D eigenvalue weighted by Gasteiger charge is 2.16. The van der Waals surface area contributed by atoms with Crippen molar-refractivity contribution < 1.29 is 4.39 Å². The molecule has 0 radical (unpaired) electrons. The Morgan fingerprint density at radius 2 is 1.67 bits per heavy atom. The maximum absolute atomic E-state index is 13.3. The Morgan fingerprint density at radius 1 is 1.00 bits per heavy atom. The lowest BCUT2D eigenvalue weighted by Gasteiger charge is -2.22. The molecule has 1 unspecified atom stereocenters. The lowest BCUT2D eigenvalue weighted by molar-refractivity contribution is 0.542. The molecule has 1 nitrogen and oxygen atoms in total. The minimum atomic E-state index is -0.168. The van der Waals surface area contributed by atoms with Gasteiger partial charge in [0.2, 0.25) is 0 Å². The third-order valence-corrected chi connectivity index (χ3v) is 4.11. The highest BCUT2D eigenvalue weighted by Crippen LogP contribution is 2.25. The van der Waals surface area contributed by atoms with Gasteiger partial charge in [0.1, 0.15) is 5.82 Å². The van der Waals surface area contributed by atoms with Gasteiger partial charge < -0.3 is 5.32 Å². The van der Waals surface area contributed by atoms with E-state index in [4.69, 9.17) is 0 Å². The Labute approximate surface area is 127 Å². The third-order valence-electron chi connectivity index (χ3n) is 4.11. The third kappa shape index (κ3) is 3.70. The van der Waals surface area contributed by atoms with Crippen LogP contribution in [0.3, 0.4) is 0 Å². The average molecular weight is 285 g/mol. The van der Waals surface area contributed by atoms with Gasteiger partial charge in [0.05, 0.1) is 0 Å². The van der Waals surface area contributed by atoms with E-state index in [1.165, 1.54) is 22.3 Å². The van der Waals surface area contributed by atoms with E-state index in [2.05, 4.69) is 44.3 Å². The maximum atomic E-state index is 13.3. The smallest absolute Gasteiger partial charge is 0.123 e. The molecule has 2 rings (SSSR count). The predicted molar refractivity (Wildman–Crippen MR) is 87.2 cm³/mol. The van der Waals surface area contributed by atoms with Crippen LogP contribution < -0.4 is 5.32 Å². The molecule has 0 heterocycles. The van der Waals surface area contributed by atoms with Crippen molar-refractivity contribution in [3.63, 3.8) is 0 Å². The summed E-state index contributed by atoms with van der Waals surface area (Å²) in [4.78, 5) is 0. The molecule has 0 fully saturated rings. The van der Waals surface area contributed by atoms with Crippen LogP contribution in [0.5, 0.6) is 0 Å². The predicted octanol–water partition coefficient (Wildman–Crippen LogP) is 4.64. The quantitative estimate of drug-likeness (QED) is 0.843. The van der Waals surface area contributed by atoms with Crippen molar-refractivity contribution in [3.05, 3.63) is 70.0 Å². The van der Waals surface area contributed by atoms with Crippen molar-refractivity contribution in [3.8, 4) is 0 Å². The second kappa shape index (κ2) is 6.86. The number of nitrogens with one attached hydrogen (secondary N) is 1. The summed E-state index contributed by atoms with van der Waals surface area (Å²) in [6.45, 7) is 9.29. The summed E-state index contributed by atoms with van der Waals surface area (Å²) in [7, 11) is 0. The Hall–Kier alpha value is -1.67. The summed E-state index contributed by atoms with van der Waals surface area (Å²) >= 11 is 0. The fourth-order valence-electron chi connectivity index (χ4n) is 2.94. The van der Waals surface area contributed by atoms with Crippen LogP contribution in [0.15, 0.2) is 36.4 Å². The first kappa shape index (κ1) is 15.7. The summed E-state index contributed by atoms with van der Waals surface area (Å²) in [5, 5.41) is 3.54. The average Bonchev–Trinajstić information content (AvgIpc) is 2.42. The molecule has 0 spiro atoms. The van der Waals surface area contributed by atoms with Crippen molar-refractivity contribution in [2.75, 3.05) is 6.54 Å². The van der Waals surface area contributed by atoms with Crippen molar-refractivity contribution in [1.29, 1.82) is 0 Å². The highest BCUT2D eigenvalue weighted by atomic mass is 19.1. The maximum Gasteiger partial charge on any atom is 0.123 e. The van der Waals surface area contributed by atoms with Crippen molar-refractivity contribution in [2.45, 2.75) is 40.2 Å². The van der Waals surface area contributed by atoms with Crippen molar-refractivity contribution in [1.82, 2.24) is 5.32 Å². The van der Waals surface area contributed by atoms with E-state index in [1.807, 2.05) is 13.0 Å². The largest absolute Gasteiger partial charge is 0.310 e. The van der Waals surface area contributed by atoms with Crippen LogP contribution in [0.2, 0.25) is 0 Å². The molecule has 0 aromatic heterocycles. The normalized spacial score (nSPS) is 12.4. The van der Waals surface area contributed by atoms with Gasteiger partial charge in [-0.3, -0.25) is 0 Å². The molecule has 0 aliphatic carbocycles. The number of aryl methyl sites for hydroxylation is 3. The molecule has 2 aromatic rings. The molecule has 1 N–H and O–H groups in total. The summed E-state index contributed by atoms with van der Waals surface area (Å²) in [5.74, 6) is -0.168. The van der Waals surface area contributed by atoms with Gasteiger partial charge in [-0.25, -0.2) is 4.39 Å². The van der Waals surface area contributed by atoms with Gasteiger partial charge in [-0.05, 0) is 73.7 Å². The number of hydrogen-bond acceptors (Lipinski definition) is 1. The summed E-state index contributed by atoms with van der Waals surface area (Å²) in [6.07, 6.45) is 0.929. The summed E-state index contributed by atoms with van der Waals surface area (Å²) in [5.41, 5.74) is 6.20. The molecule has 112 valence electrons. The van der Waals surface area contributed by atoms with E-state index in [-0.39, 0.29) is 11.9 Å². The second-order valence-corrected chi connectivity index (χ2v) is 5.69. The zero-order valence-electron chi connectivity index (χ0n) is 13.3. The minimum absolute atomic E-state index is 0.168. The molecule has 0 bridgehead atoms. The van der Waals surface area contributed by atoms with Crippen LogP contribution >= 0.6 is 0 Å². The fraction of sp³-hybridized carbons (Fsp3) is 0.368. The molecule has 2 aromatic carbocycles. The van der Waals surface area contributed by atoms with Crippen molar-refractivity contribution in [2.24, 2.45) is 0 Å². The second-order valence-electron chi connectivity index (χ2n) is 5.69. The van der Waals surface area contributed by atoms with E-state index in [0.717, 1.165) is 18.5 Å². The SMILES string of the molecule is CCNC(Cc1c(C)cccc1C)c1ccc(F)cc1C. The fourth-order valence-corrected chi connectivity index (χ4v) is 2.94. The zero-order valence-corrected chi connectivity index (χ0v) is 13.3. The number of likely N-dealkylation sites (N-methyl/N-ethyl adjacent to an activating group) is 1. The molecule has 0 aliphatic rings. The molecular formula is C19H24FN. The minimum Gasteiger partial charge on any atom is -0.310 e. The van der Waals surface area contributed by atoms with Crippen LogP contribution in [-0.4, -0.2) is 6.54 Å². The number of rotatable bonds is 5. The monoisotopic (exact) mass is 285 g/mol. The molecule has 0 saturated carbocycles. The van der Waals surface area contributed by atoms with Gasteiger partial charge in [-0.1, -0.05) is 31.2 Å². The Balaban J connectivity index is 2.35. The number of halogens is 1. The lowest BCUT2D eigenvalue weighted by atomic mass is 9.91. The first-order chi connectivity index (χ1) is 10.0. The van der Waals surface area contributed by atoms with Gasteiger partial charge in [-0.2, -0.15) is 0 Å². The Kier molecular flexibility index (Phi) is 5.13. The molecule has 2 heteroatoms. The lowest BCUT2D eigenvalue weighted by Crippen LogP contribution is -2.24. The Bertz CT molecular complexity index is 599. The first-order valence-corrected chi connectivity index (χ1v) is 7.57. The molecule has 1 atom stereocenters. The van der Waals surface area contributed by atoms with E-state index in [9.17, 15) is 4.39 Å². The highest BCUT2D eigenvalue weighted by molar-refractivity contribution is 5.37. The van der Waals surface area contributed by atoms with Crippen LogP contribution in [0, 0.1) is 26.6 Å². The standard InChI is InChI=1S/C19H24FN/c1-5-21-19(17-10-9-16(20)11-15(17)4)12-18-13(2)7-6-8-14(18)3/h6-11,19,21H,5,12H2,1-4H3. The van der Waals surface area contributed by atoms with E-state index in [0.29, 0.717) is 0 Å². The van der Waals surface area contributed by atoms with Gasteiger partial charge in [0, 0.05) is 6.04 Å². The van der Waals surface area contributed by atoms with E-state index >= 15 is 0 Å². The topological polar surface area (TPSA) is 12.0 Å². The van der Waals surface area contributed by atoms with Crippen LogP contribution in [0.1, 0.15) is 40.8 Å². The number of benzene rings is 2. The molecule has 0 aliphatic heterocycles. The molecule has 0 amide bonds. The molecule has 0 saturated heterocycles. The molecular weight excluding hydrogens is 261 g/mol. The van der Waals surface area contributed by atoms with E-state index < -0.39 is 0 Å². The van der Waals surface area contributed by atoms with Gasteiger partial charge in [0.15, 0.2) is 0 Å². The van der Waals surface area contributed by atoms with E-state index in [1.54, 1.807) is 12.1 Å². The van der Waals surface area contributed by atoms with Gasteiger partial charge in [-0.15, -0.1) is 0 Å². The van der Waals surface area contributed by atoms with Crippen molar-refractivity contribution >= 4 is 0 Å². The van der Waals surface area contributed by atoms with Crippen LogP contribution in [0.25, 0.3) is 0 Å². The molecule has 21 heavy (non-hydrogen) atoms. The van der Waals surface area contributed by atoms with Gasteiger partial charge >= 0.3 is 0 Å². The van der Waals surface area contributed by atoms with Crippen LogP contribution in [-0.2, 0) is 6.42 Å². The zero-order chi connectivity index (χ0) is 15.4. The summed E-state index contributed by atoms with van der Waals surface area (Å²) in [6, 6.07) is 11.7.